The highest BCUT2D eigenvalue weighted by atomic mass is 32.2. The Balaban J connectivity index is 4.38. The van der Waals surface area contributed by atoms with E-state index in [9.17, 15) is 13.8 Å². The van der Waals surface area contributed by atoms with E-state index in [4.69, 9.17) is 0 Å². The van der Waals surface area contributed by atoms with Gasteiger partial charge in [-0.25, -0.2) is 4.21 Å². The monoisotopic (exact) mass is 261 g/mol. The molecule has 0 unspecified atom stereocenters. The van der Waals surface area contributed by atoms with Crippen LogP contribution < -0.4 is 0 Å². The molecule has 0 heterocycles. The Hall–Kier alpha value is -0.710. The van der Waals surface area contributed by atoms with Gasteiger partial charge >= 0.3 is 0 Å². The largest absolute Gasteiger partial charge is 0.300 e. The maximum absolute atomic E-state index is 12.0. The summed E-state index contributed by atoms with van der Waals surface area (Å²) in [5.74, 6) is 0.189. The zero-order valence-corrected chi connectivity index (χ0v) is 12.2. The van der Waals surface area contributed by atoms with Crippen molar-refractivity contribution in [1.29, 1.82) is 0 Å². The Morgan fingerprint density at radius 3 is 2.12 bits per heavy atom. The summed E-state index contributed by atoms with van der Waals surface area (Å²) in [6.45, 7) is 6.80. The third-order valence-corrected chi connectivity index (χ3v) is 3.82. The van der Waals surface area contributed by atoms with E-state index < -0.39 is 15.1 Å². The van der Waals surface area contributed by atoms with Crippen molar-refractivity contribution in [3.8, 4) is 0 Å². The first-order chi connectivity index (χ1) is 7.54. The molecule has 1 amide bonds. The van der Waals surface area contributed by atoms with Crippen molar-refractivity contribution in [2.24, 2.45) is 9.78 Å². The summed E-state index contributed by atoms with van der Waals surface area (Å²) in [6.07, 6.45) is 3.38. The summed E-state index contributed by atoms with van der Waals surface area (Å²) in [6, 6.07) is 0. The van der Waals surface area contributed by atoms with Crippen molar-refractivity contribution in [1.82, 2.24) is 0 Å². The molecular formula is C12H23NO3S. The van der Waals surface area contributed by atoms with E-state index in [-0.39, 0.29) is 11.7 Å². The number of rotatable bonds is 5. The summed E-state index contributed by atoms with van der Waals surface area (Å²) in [5.41, 5.74) is -0.585. The zero-order chi connectivity index (χ0) is 13.7. The number of carbonyl (C=O) groups is 2. The van der Waals surface area contributed by atoms with E-state index in [1.807, 2.05) is 0 Å². The topological polar surface area (TPSA) is 63.6 Å². The molecule has 0 spiro atoms. The fraction of sp³-hybridized carbons (Fsp3) is 0.833. The quantitative estimate of drug-likeness (QED) is 0.714. The second kappa shape index (κ2) is 6.28. The van der Waals surface area contributed by atoms with Gasteiger partial charge in [-0.3, -0.25) is 4.79 Å². The molecule has 0 aromatic rings. The molecule has 100 valence electrons. The van der Waals surface area contributed by atoms with Gasteiger partial charge in [0, 0.05) is 23.8 Å². The predicted molar refractivity (Wildman–Crippen MR) is 70.4 cm³/mol. The molecule has 0 N–H and O–H groups in total. The van der Waals surface area contributed by atoms with Crippen LogP contribution in [0, 0.1) is 5.41 Å². The minimum absolute atomic E-state index is 0.135. The van der Waals surface area contributed by atoms with Crippen LogP contribution in [0.5, 0.6) is 0 Å². The van der Waals surface area contributed by atoms with E-state index in [1.54, 1.807) is 20.8 Å². The Bertz CT molecular complexity index is 398. The maximum atomic E-state index is 12.0. The lowest BCUT2D eigenvalue weighted by molar-refractivity contribution is -0.124. The van der Waals surface area contributed by atoms with Crippen LogP contribution in [0.3, 0.4) is 0 Å². The van der Waals surface area contributed by atoms with Crippen molar-refractivity contribution in [2.45, 2.75) is 47.0 Å². The number of hydrogen-bond donors (Lipinski definition) is 0. The third kappa shape index (κ3) is 8.07. The number of unbranched alkanes of at least 4 members (excludes halogenated alkanes) is 1. The minimum atomic E-state index is -2.45. The second-order valence-electron chi connectivity index (χ2n) is 5.47. The van der Waals surface area contributed by atoms with Crippen molar-refractivity contribution < 1.29 is 13.8 Å². The lowest BCUT2D eigenvalue weighted by Gasteiger charge is -2.13. The third-order valence-electron chi connectivity index (χ3n) is 2.22. The molecule has 0 saturated carbocycles. The molecule has 0 aromatic heterocycles. The molecule has 0 aromatic carbocycles. The fourth-order valence-electron chi connectivity index (χ4n) is 1.10. The highest BCUT2D eigenvalue weighted by Gasteiger charge is 2.22. The molecule has 0 rings (SSSR count). The first kappa shape index (κ1) is 16.3. The predicted octanol–water partition coefficient (Wildman–Crippen LogP) is 2.42. The van der Waals surface area contributed by atoms with Gasteiger partial charge in [-0.05, 0) is 19.8 Å². The summed E-state index contributed by atoms with van der Waals surface area (Å²) in [4.78, 5) is 22.3. The van der Waals surface area contributed by atoms with E-state index in [0.717, 1.165) is 0 Å². The number of amides is 1. The first-order valence-corrected chi connectivity index (χ1v) is 7.87. The highest BCUT2D eigenvalue weighted by molar-refractivity contribution is 7.93. The zero-order valence-electron chi connectivity index (χ0n) is 11.4. The van der Waals surface area contributed by atoms with Crippen LogP contribution >= 0.6 is 0 Å². The Labute approximate surface area is 104 Å². The summed E-state index contributed by atoms with van der Waals surface area (Å²) >= 11 is 0. The molecular weight excluding hydrogens is 238 g/mol. The van der Waals surface area contributed by atoms with E-state index in [0.29, 0.717) is 25.0 Å². The van der Waals surface area contributed by atoms with Crippen molar-refractivity contribution in [2.75, 3.05) is 12.0 Å². The number of ketones is 1. The molecule has 5 heteroatoms. The summed E-state index contributed by atoms with van der Waals surface area (Å²) in [5, 5.41) is 0. The average Bonchev–Trinajstić information content (AvgIpc) is 2.10. The fourth-order valence-corrected chi connectivity index (χ4v) is 2.56. The molecule has 4 nitrogen and oxygen atoms in total. The molecule has 1 atom stereocenters. The van der Waals surface area contributed by atoms with Crippen LogP contribution in [0.4, 0.5) is 0 Å². The van der Waals surface area contributed by atoms with E-state index >= 15 is 0 Å². The first-order valence-electron chi connectivity index (χ1n) is 5.78. The van der Waals surface area contributed by atoms with Gasteiger partial charge in [0.25, 0.3) is 5.91 Å². The van der Waals surface area contributed by atoms with E-state index in [1.165, 1.54) is 13.2 Å². The molecule has 0 aliphatic rings. The molecule has 0 aliphatic heterocycles. The lowest BCUT2D eigenvalue weighted by Crippen LogP contribution is -2.20. The standard InChI is InChI=1S/C12H23NO3S/c1-10(14)8-6-7-9-17(5,16)13-11(15)12(2,3)4/h6-9H2,1-5H3/t17-/m0/s1. The Kier molecular flexibility index (Phi) is 6.02. The smallest absolute Gasteiger partial charge is 0.259 e. The SMILES string of the molecule is CC(=O)CCCC[S@](C)(=O)=NC(=O)C(C)(C)C. The average molecular weight is 261 g/mol. The van der Waals surface area contributed by atoms with Crippen LogP contribution in [-0.4, -0.2) is 27.9 Å². The highest BCUT2D eigenvalue weighted by Crippen LogP contribution is 2.16. The van der Waals surface area contributed by atoms with Crippen molar-refractivity contribution in [3.63, 3.8) is 0 Å². The van der Waals surface area contributed by atoms with Gasteiger partial charge in [0.15, 0.2) is 0 Å². The van der Waals surface area contributed by atoms with Gasteiger partial charge in [-0.2, -0.15) is 4.36 Å². The van der Waals surface area contributed by atoms with Gasteiger partial charge in [0.2, 0.25) is 0 Å². The Morgan fingerprint density at radius 1 is 1.18 bits per heavy atom. The molecule has 0 fully saturated rings. The molecule has 0 bridgehead atoms. The molecule has 0 radical (unpaired) electrons. The van der Waals surface area contributed by atoms with Gasteiger partial charge in [0.1, 0.15) is 5.78 Å². The molecule has 0 saturated heterocycles. The lowest BCUT2D eigenvalue weighted by atomic mass is 9.96. The van der Waals surface area contributed by atoms with Gasteiger partial charge in [-0.1, -0.05) is 20.8 Å². The van der Waals surface area contributed by atoms with Gasteiger partial charge in [-0.15, -0.1) is 0 Å². The number of nitrogens with zero attached hydrogens (tertiary/aromatic N) is 1. The normalized spacial score (nSPS) is 15.1. The van der Waals surface area contributed by atoms with Crippen LogP contribution in [-0.2, 0) is 19.3 Å². The van der Waals surface area contributed by atoms with Crippen molar-refractivity contribution in [3.05, 3.63) is 0 Å². The summed E-state index contributed by atoms with van der Waals surface area (Å²) in [7, 11) is -2.45. The number of Topliss-reactive ketones (excluding diaryl/α,β-unsaturated/α-hetero) is 1. The Morgan fingerprint density at radius 2 is 1.71 bits per heavy atom. The van der Waals surface area contributed by atoms with Gasteiger partial charge in [0.05, 0.1) is 9.73 Å². The van der Waals surface area contributed by atoms with Crippen molar-refractivity contribution >= 4 is 21.4 Å². The van der Waals surface area contributed by atoms with Crippen LogP contribution in [0.2, 0.25) is 0 Å². The maximum Gasteiger partial charge on any atom is 0.259 e. The van der Waals surface area contributed by atoms with E-state index in [2.05, 4.69) is 4.36 Å². The summed E-state index contributed by atoms with van der Waals surface area (Å²) < 4.78 is 15.8. The second-order valence-corrected chi connectivity index (χ2v) is 7.98. The number of carbonyl (C=O) groups excluding carboxylic acids is 2. The molecule has 17 heavy (non-hydrogen) atoms. The molecule has 0 aliphatic carbocycles. The van der Waals surface area contributed by atoms with Crippen LogP contribution in [0.15, 0.2) is 4.36 Å². The van der Waals surface area contributed by atoms with Crippen LogP contribution in [0.25, 0.3) is 0 Å². The minimum Gasteiger partial charge on any atom is -0.300 e. The van der Waals surface area contributed by atoms with Crippen LogP contribution in [0.1, 0.15) is 47.0 Å². The number of hydrogen-bond acceptors (Lipinski definition) is 3. The van der Waals surface area contributed by atoms with Gasteiger partial charge < -0.3 is 4.79 Å².